The number of rotatable bonds is 4. The number of aryl methyl sites for hydroxylation is 2. The third-order valence-electron chi connectivity index (χ3n) is 2.91. The van der Waals surface area contributed by atoms with Gasteiger partial charge >= 0.3 is 0 Å². The van der Waals surface area contributed by atoms with E-state index in [9.17, 15) is 13.2 Å². The van der Waals surface area contributed by atoms with E-state index < -0.39 is 15.1 Å². The molecule has 0 aliphatic rings. The molecule has 1 unspecified atom stereocenters. The Balaban J connectivity index is 3.13. The van der Waals surface area contributed by atoms with Crippen molar-refractivity contribution < 1.29 is 13.2 Å². The molecule has 1 rings (SSSR count). The minimum absolute atomic E-state index is 0.0647. The van der Waals surface area contributed by atoms with Crippen molar-refractivity contribution in [1.29, 1.82) is 0 Å². The first-order chi connectivity index (χ1) is 7.75. The Morgan fingerprint density at radius 3 is 2.29 bits per heavy atom. The second kappa shape index (κ2) is 5.00. The van der Waals surface area contributed by atoms with E-state index in [1.54, 1.807) is 25.1 Å². The largest absolute Gasteiger partial charge is 0.300 e. The molecule has 0 aromatic heterocycles. The SMILES string of the molecule is CC(=O)CC(C)S(=O)(=O)c1ccc(C)c(C)c1. The fourth-order valence-corrected chi connectivity index (χ4v) is 3.16. The summed E-state index contributed by atoms with van der Waals surface area (Å²) in [7, 11) is -3.39. The zero-order chi connectivity index (χ0) is 13.2. The Morgan fingerprint density at radius 1 is 1.24 bits per heavy atom. The summed E-state index contributed by atoms with van der Waals surface area (Å²) in [5.41, 5.74) is 2.00. The molecule has 0 spiro atoms. The van der Waals surface area contributed by atoms with Gasteiger partial charge in [-0.2, -0.15) is 0 Å². The van der Waals surface area contributed by atoms with Crippen molar-refractivity contribution in [3.8, 4) is 0 Å². The fraction of sp³-hybridized carbons (Fsp3) is 0.462. The molecule has 1 atom stereocenters. The zero-order valence-electron chi connectivity index (χ0n) is 10.6. The summed E-state index contributed by atoms with van der Waals surface area (Å²) in [6, 6.07) is 5.07. The topological polar surface area (TPSA) is 51.2 Å². The van der Waals surface area contributed by atoms with Crippen molar-refractivity contribution in [1.82, 2.24) is 0 Å². The first-order valence-corrected chi connectivity index (χ1v) is 7.10. The van der Waals surface area contributed by atoms with Gasteiger partial charge in [0.25, 0.3) is 0 Å². The van der Waals surface area contributed by atoms with E-state index in [0.29, 0.717) is 4.90 Å². The standard InChI is InChI=1S/C13H18O3S/c1-9-5-6-13(7-10(9)2)17(15,16)12(4)8-11(3)14/h5-7,12H,8H2,1-4H3. The van der Waals surface area contributed by atoms with Crippen LogP contribution in [0.25, 0.3) is 0 Å². The monoisotopic (exact) mass is 254 g/mol. The van der Waals surface area contributed by atoms with E-state index in [0.717, 1.165) is 11.1 Å². The molecular formula is C13H18O3S. The molecule has 0 saturated carbocycles. The van der Waals surface area contributed by atoms with Crippen molar-refractivity contribution in [3.63, 3.8) is 0 Å². The third-order valence-corrected chi connectivity index (χ3v) is 5.05. The molecule has 1 aromatic rings. The van der Waals surface area contributed by atoms with Gasteiger partial charge in [0, 0.05) is 6.42 Å². The molecule has 4 heteroatoms. The van der Waals surface area contributed by atoms with Crippen LogP contribution in [0.4, 0.5) is 0 Å². The number of hydrogen-bond acceptors (Lipinski definition) is 3. The van der Waals surface area contributed by atoms with Crippen LogP contribution in [0.2, 0.25) is 0 Å². The van der Waals surface area contributed by atoms with E-state index in [4.69, 9.17) is 0 Å². The number of Topliss-reactive ketones (excluding diaryl/α,β-unsaturated/α-hetero) is 1. The van der Waals surface area contributed by atoms with Crippen LogP contribution in [0.15, 0.2) is 23.1 Å². The molecule has 0 aliphatic heterocycles. The van der Waals surface area contributed by atoms with Gasteiger partial charge in [0.2, 0.25) is 0 Å². The van der Waals surface area contributed by atoms with E-state index in [1.807, 2.05) is 13.8 Å². The smallest absolute Gasteiger partial charge is 0.181 e. The van der Waals surface area contributed by atoms with Crippen molar-refractivity contribution in [2.24, 2.45) is 0 Å². The summed E-state index contributed by atoms with van der Waals surface area (Å²) in [6.45, 7) is 6.80. The van der Waals surface area contributed by atoms with Crippen LogP contribution in [-0.4, -0.2) is 19.5 Å². The molecule has 0 radical (unpaired) electrons. The van der Waals surface area contributed by atoms with Gasteiger partial charge in [-0.15, -0.1) is 0 Å². The number of hydrogen-bond donors (Lipinski definition) is 0. The molecule has 0 aliphatic carbocycles. The average Bonchev–Trinajstić information content (AvgIpc) is 2.20. The summed E-state index contributed by atoms with van der Waals surface area (Å²) in [5, 5.41) is -0.665. The second-order valence-electron chi connectivity index (χ2n) is 4.51. The predicted molar refractivity (Wildman–Crippen MR) is 67.9 cm³/mol. The highest BCUT2D eigenvalue weighted by atomic mass is 32.2. The lowest BCUT2D eigenvalue weighted by atomic mass is 10.1. The average molecular weight is 254 g/mol. The van der Waals surface area contributed by atoms with E-state index in [-0.39, 0.29) is 12.2 Å². The number of carbonyl (C=O) groups excluding carboxylic acids is 1. The first-order valence-electron chi connectivity index (χ1n) is 5.55. The Kier molecular flexibility index (Phi) is 4.09. The molecule has 0 fully saturated rings. The van der Waals surface area contributed by atoms with Gasteiger partial charge in [0.1, 0.15) is 5.78 Å². The molecular weight excluding hydrogens is 236 g/mol. The van der Waals surface area contributed by atoms with Crippen LogP contribution >= 0.6 is 0 Å². The van der Waals surface area contributed by atoms with E-state index >= 15 is 0 Å². The molecule has 0 heterocycles. The lowest BCUT2D eigenvalue weighted by Gasteiger charge is -2.12. The number of sulfone groups is 1. The van der Waals surface area contributed by atoms with Crippen LogP contribution in [0.1, 0.15) is 31.4 Å². The quantitative estimate of drug-likeness (QED) is 0.829. The first kappa shape index (κ1) is 13.9. The summed E-state index contributed by atoms with van der Waals surface area (Å²) < 4.78 is 24.4. The zero-order valence-corrected chi connectivity index (χ0v) is 11.5. The van der Waals surface area contributed by atoms with Gasteiger partial charge < -0.3 is 0 Å². The maximum Gasteiger partial charge on any atom is 0.181 e. The lowest BCUT2D eigenvalue weighted by Crippen LogP contribution is -2.20. The fourth-order valence-electron chi connectivity index (χ4n) is 1.64. The molecule has 0 saturated heterocycles. The summed E-state index contributed by atoms with van der Waals surface area (Å²) in [4.78, 5) is 11.3. The summed E-state index contributed by atoms with van der Waals surface area (Å²) in [5.74, 6) is -0.107. The Hall–Kier alpha value is -1.16. The highest BCUT2D eigenvalue weighted by Gasteiger charge is 2.24. The highest BCUT2D eigenvalue weighted by molar-refractivity contribution is 7.92. The Morgan fingerprint density at radius 2 is 1.82 bits per heavy atom. The normalized spacial score (nSPS) is 13.4. The van der Waals surface area contributed by atoms with Crippen molar-refractivity contribution >= 4 is 15.6 Å². The summed E-state index contributed by atoms with van der Waals surface area (Å²) >= 11 is 0. The van der Waals surface area contributed by atoms with Crippen LogP contribution in [-0.2, 0) is 14.6 Å². The van der Waals surface area contributed by atoms with Gasteiger partial charge in [-0.3, -0.25) is 4.79 Å². The molecule has 0 amide bonds. The van der Waals surface area contributed by atoms with Crippen molar-refractivity contribution in [2.45, 2.75) is 44.3 Å². The molecule has 3 nitrogen and oxygen atoms in total. The maximum atomic E-state index is 12.2. The minimum atomic E-state index is -3.39. The van der Waals surface area contributed by atoms with Gasteiger partial charge in [-0.1, -0.05) is 6.07 Å². The lowest BCUT2D eigenvalue weighted by molar-refractivity contribution is -0.116. The van der Waals surface area contributed by atoms with Crippen LogP contribution in [0, 0.1) is 13.8 Å². The molecule has 0 bridgehead atoms. The van der Waals surface area contributed by atoms with Gasteiger partial charge in [-0.25, -0.2) is 8.42 Å². The van der Waals surface area contributed by atoms with E-state index in [2.05, 4.69) is 0 Å². The van der Waals surface area contributed by atoms with Crippen LogP contribution in [0.3, 0.4) is 0 Å². The van der Waals surface area contributed by atoms with Gasteiger partial charge in [0.15, 0.2) is 9.84 Å². The molecule has 1 aromatic carbocycles. The molecule has 0 N–H and O–H groups in total. The Labute approximate surface area is 103 Å². The Bertz CT molecular complexity index is 530. The maximum absolute atomic E-state index is 12.2. The van der Waals surface area contributed by atoms with E-state index in [1.165, 1.54) is 6.92 Å². The van der Waals surface area contributed by atoms with Crippen LogP contribution < -0.4 is 0 Å². The second-order valence-corrected chi connectivity index (χ2v) is 6.87. The van der Waals surface area contributed by atoms with Gasteiger partial charge in [0.05, 0.1) is 10.1 Å². The predicted octanol–water partition coefficient (Wildman–Crippen LogP) is 2.44. The molecule has 17 heavy (non-hydrogen) atoms. The number of benzene rings is 1. The summed E-state index contributed by atoms with van der Waals surface area (Å²) in [6.07, 6.45) is 0.0647. The number of carbonyl (C=O) groups is 1. The van der Waals surface area contributed by atoms with Gasteiger partial charge in [-0.05, 0) is 51.0 Å². The molecule has 94 valence electrons. The minimum Gasteiger partial charge on any atom is -0.300 e. The number of ketones is 1. The van der Waals surface area contributed by atoms with Crippen LogP contribution in [0.5, 0.6) is 0 Å². The highest BCUT2D eigenvalue weighted by Crippen LogP contribution is 2.21. The third kappa shape index (κ3) is 3.16. The van der Waals surface area contributed by atoms with Crippen molar-refractivity contribution in [2.75, 3.05) is 0 Å². The van der Waals surface area contributed by atoms with Crippen molar-refractivity contribution in [3.05, 3.63) is 29.3 Å².